The van der Waals surface area contributed by atoms with Gasteiger partial charge in [0.2, 0.25) is 0 Å². The summed E-state index contributed by atoms with van der Waals surface area (Å²) in [7, 11) is 0. The highest BCUT2D eigenvalue weighted by Gasteiger charge is 2.48. The number of furan rings is 1. The molecule has 0 bridgehead atoms. The lowest BCUT2D eigenvalue weighted by molar-refractivity contribution is 0.590. The smallest absolute Gasteiger partial charge is 0.334 e. The van der Waals surface area contributed by atoms with Crippen molar-refractivity contribution in [3.8, 4) is 22.3 Å². The van der Waals surface area contributed by atoms with Crippen molar-refractivity contribution < 1.29 is 4.42 Å². The Morgan fingerprint density at radius 3 is 1.95 bits per heavy atom. The van der Waals surface area contributed by atoms with Crippen LogP contribution < -0.4 is 20.6 Å². The second-order valence-corrected chi connectivity index (χ2v) is 19.9. The van der Waals surface area contributed by atoms with E-state index in [4.69, 9.17) is 4.42 Å². The molecule has 0 atom stereocenters. The molecule has 5 heteroatoms. The Kier molecular flexibility index (Phi) is 7.72. The third kappa shape index (κ3) is 5.36. The van der Waals surface area contributed by atoms with E-state index in [2.05, 4.69) is 215 Å². The second kappa shape index (κ2) is 13.0. The van der Waals surface area contributed by atoms with Crippen molar-refractivity contribution in [2.24, 2.45) is 0 Å². The maximum atomic E-state index is 7.01. The molecule has 0 amide bonds. The predicted octanol–water partition coefficient (Wildman–Crippen LogP) is 14.9. The summed E-state index contributed by atoms with van der Waals surface area (Å²) in [6.07, 6.45) is 0. The van der Waals surface area contributed by atoms with Gasteiger partial charge in [-0.1, -0.05) is 151 Å². The van der Waals surface area contributed by atoms with Crippen molar-refractivity contribution in [1.82, 2.24) is 0 Å². The van der Waals surface area contributed by atoms with Gasteiger partial charge in [-0.05, 0) is 109 Å². The van der Waals surface area contributed by atoms with Crippen LogP contribution in [0.2, 0.25) is 0 Å². The standard InChI is InChI=1S/C56H45BN2OS/c1-55(2,3)36-24-27-38(28-25-36)59-46-31-29-41-40-20-12-14-22-47(40)60-53(41)49(46)44-32-35-18-10-11-19-39(35)52-50(44)57(59)51-42-21-13-15-23-48(42)61-54(51)58(52)45-30-26-37(56(4,5)6)33-43(45)34-16-8-7-9-17-34/h7-33H,1-6H3. The van der Waals surface area contributed by atoms with Crippen LogP contribution in [0, 0.1) is 0 Å². The molecule has 294 valence electrons. The van der Waals surface area contributed by atoms with Gasteiger partial charge in [0.05, 0.1) is 16.4 Å². The van der Waals surface area contributed by atoms with Crippen molar-refractivity contribution >= 4 is 99.7 Å². The van der Waals surface area contributed by atoms with Crippen LogP contribution in [-0.2, 0) is 10.8 Å². The first-order valence-corrected chi connectivity index (χ1v) is 22.3. The minimum absolute atomic E-state index is 0.0263. The summed E-state index contributed by atoms with van der Waals surface area (Å²) < 4.78 is 8.30. The zero-order valence-corrected chi connectivity index (χ0v) is 36.2. The topological polar surface area (TPSA) is 19.6 Å². The second-order valence-electron chi connectivity index (χ2n) is 18.9. The number of anilines is 5. The summed E-state index contributed by atoms with van der Waals surface area (Å²) in [4.78, 5) is 5.27. The van der Waals surface area contributed by atoms with Crippen LogP contribution in [0.4, 0.5) is 27.8 Å². The molecule has 61 heavy (non-hydrogen) atoms. The minimum atomic E-state index is -0.124. The van der Waals surface area contributed by atoms with Gasteiger partial charge in [-0.3, -0.25) is 0 Å². The summed E-state index contributed by atoms with van der Waals surface area (Å²) in [6, 6.07) is 61.1. The summed E-state index contributed by atoms with van der Waals surface area (Å²) in [6.45, 7) is 13.7. The monoisotopic (exact) mass is 804 g/mol. The predicted molar refractivity (Wildman–Crippen MR) is 263 cm³/mol. The van der Waals surface area contributed by atoms with E-state index in [0.29, 0.717) is 0 Å². The lowest BCUT2D eigenvalue weighted by atomic mass is 9.43. The highest BCUT2D eigenvalue weighted by atomic mass is 32.1. The van der Waals surface area contributed by atoms with Gasteiger partial charge >= 0.3 is 6.85 Å². The van der Waals surface area contributed by atoms with Crippen molar-refractivity contribution in [3.05, 3.63) is 175 Å². The molecule has 8 aromatic carbocycles. The van der Waals surface area contributed by atoms with Gasteiger partial charge in [-0.15, -0.1) is 11.3 Å². The summed E-state index contributed by atoms with van der Waals surface area (Å²) in [5.41, 5.74) is 16.6. The van der Waals surface area contributed by atoms with Crippen molar-refractivity contribution in [1.29, 1.82) is 0 Å². The number of thiophene rings is 1. The molecular weight excluding hydrogens is 760 g/mol. The minimum Gasteiger partial charge on any atom is -0.455 e. The highest BCUT2D eigenvalue weighted by molar-refractivity contribution is 7.26. The number of para-hydroxylation sites is 1. The lowest BCUT2D eigenvalue weighted by Crippen LogP contribution is -2.61. The largest absolute Gasteiger partial charge is 0.455 e. The maximum absolute atomic E-state index is 7.01. The van der Waals surface area contributed by atoms with E-state index in [0.717, 1.165) is 38.9 Å². The molecule has 2 aliphatic heterocycles. The molecule has 10 aromatic rings. The molecule has 2 aliphatic rings. The van der Waals surface area contributed by atoms with E-state index in [1.54, 1.807) is 0 Å². The number of benzene rings is 8. The number of hydrogen-bond acceptors (Lipinski definition) is 4. The molecule has 0 aliphatic carbocycles. The number of fused-ring (bicyclic) bond motifs is 12. The summed E-state index contributed by atoms with van der Waals surface area (Å²) in [5.74, 6) is 0. The third-order valence-electron chi connectivity index (χ3n) is 13.2. The molecule has 0 saturated heterocycles. The first kappa shape index (κ1) is 36.3. The quantitative estimate of drug-likeness (QED) is 0.166. The molecule has 0 fully saturated rings. The fourth-order valence-electron chi connectivity index (χ4n) is 10.1. The van der Waals surface area contributed by atoms with Gasteiger partial charge in [0.15, 0.2) is 0 Å². The number of rotatable bonds is 3. The molecule has 0 saturated carbocycles. The molecule has 0 spiro atoms. The van der Waals surface area contributed by atoms with Gasteiger partial charge < -0.3 is 14.1 Å². The molecule has 2 aromatic heterocycles. The number of hydrogen-bond donors (Lipinski definition) is 0. The number of nitrogens with zero attached hydrogens (tertiary/aromatic N) is 2. The average Bonchev–Trinajstić information content (AvgIpc) is 3.85. The molecule has 0 radical (unpaired) electrons. The molecule has 4 heterocycles. The Balaban J connectivity index is 1.27. The zero-order chi connectivity index (χ0) is 41.4. The van der Waals surface area contributed by atoms with Gasteiger partial charge in [-0.2, -0.15) is 0 Å². The molecule has 0 N–H and O–H groups in total. The van der Waals surface area contributed by atoms with Crippen LogP contribution in [0.3, 0.4) is 0 Å². The van der Waals surface area contributed by atoms with Crippen LogP contribution in [0.1, 0.15) is 52.7 Å². The Morgan fingerprint density at radius 1 is 0.525 bits per heavy atom. The van der Waals surface area contributed by atoms with Crippen molar-refractivity contribution in [2.75, 3.05) is 9.71 Å². The molecule has 0 unspecified atom stereocenters. The van der Waals surface area contributed by atoms with Crippen LogP contribution in [-0.4, -0.2) is 6.85 Å². The van der Waals surface area contributed by atoms with Crippen LogP contribution in [0.5, 0.6) is 0 Å². The van der Waals surface area contributed by atoms with E-state index in [9.17, 15) is 0 Å². The van der Waals surface area contributed by atoms with E-state index in [1.807, 2.05) is 11.3 Å². The van der Waals surface area contributed by atoms with Gasteiger partial charge in [0, 0.05) is 43.4 Å². The Labute approximate surface area is 361 Å². The Bertz CT molecular complexity index is 3400. The third-order valence-corrected chi connectivity index (χ3v) is 14.3. The van der Waals surface area contributed by atoms with Crippen LogP contribution in [0.15, 0.2) is 168 Å². The zero-order valence-electron chi connectivity index (χ0n) is 35.4. The van der Waals surface area contributed by atoms with Crippen LogP contribution in [0.25, 0.3) is 65.1 Å². The van der Waals surface area contributed by atoms with Gasteiger partial charge in [0.25, 0.3) is 0 Å². The average molecular weight is 805 g/mol. The maximum Gasteiger partial charge on any atom is 0.334 e. The normalized spacial score (nSPS) is 13.6. The van der Waals surface area contributed by atoms with Gasteiger partial charge in [0.1, 0.15) is 11.2 Å². The van der Waals surface area contributed by atoms with Crippen molar-refractivity contribution in [2.45, 2.75) is 52.4 Å². The van der Waals surface area contributed by atoms with Crippen LogP contribution >= 0.6 is 11.3 Å². The first-order chi connectivity index (χ1) is 29.5. The molecule has 12 rings (SSSR count). The van der Waals surface area contributed by atoms with E-state index in [1.165, 1.54) is 76.0 Å². The van der Waals surface area contributed by atoms with Crippen molar-refractivity contribution in [3.63, 3.8) is 0 Å². The Hall–Kier alpha value is -6.56. The van der Waals surface area contributed by atoms with E-state index in [-0.39, 0.29) is 17.7 Å². The molecular formula is C56H45BN2OS. The molecule has 3 nitrogen and oxygen atoms in total. The Morgan fingerprint density at radius 2 is 1.18 bits per heavy atom. The fraction of sp³-hybridized carbons (Fsp3) is 0.143. The fourth-order valence-corrected chi connectivity index (χ4v) is 11.4. The summed E-state index contributed by atoms with van der Waals surface area (Å²) in [5, 5.41) is 7.26. The van der Waals surface area contributed by atoms with E-state index >= 15 is 0 Å². The van der Waals surface area contributed by atoms with E-state index < -0.39 is 0 Å². The SMILES string of the molecule is CC(C)(C)c1ccc(N2B3c4c(cc5ccccc5c4N(c4ccc(C(C)(C)C)cc4-c4ccccc4)c4sc5ccccc5c43)-c3c2ccc2c3oc3ccccc32)cc1. The first-order valence-electron chi connectivity index (χ1n) is 21.5. The highest BCUT2D eigenvalue weighted by Crippen LogP contribution is 2.55. The summed E-state index contributed by atoms with van der Waals surface area (Å²) >= 11 is 1.91. The lowest BCUT2D eigenvalue weighted by Gasteiger charge is -2.45. The van der Waals surface area contributed by atoms with Gasteiger partial charge in [-0.25, -0.2) is 0 Å².